The summed E-state index contributed by atoms with van der Waals surface area (Å²) in [4.78, 5) is 15.2. The molecule has 0 aliphatic heterocycles. The Labute approximate surface area is 101 Å². The van der Waals surface area contributed by atoms with Crippen LogP contribution in [0, 0.1) is 0 Å². The second-order valence-corrected chi connectivity index (χ2v) is 3.50. The Hall–Kier alpha value is -1.72. The molecule has 5 heteroatoms. The van der Waals surface area contributed by atoms with Gasteiger partial charge in [0.15, 0.2) is 0 Å². The molecule has 0 saturated carbocycles. The number of pyridine rings is 1. The highest BCUT2D eigenvalue weighted by Gasteiger charge is 2.03. The van der Waals surface area contributed by atoms with E-state index in [9.17, 15) is 4.79 Å². The number of nitrogen functional groups attached to an aromatic ring is 1. The lowest BCUT2D eigenvalue weighted by molar-refractivity contribution is 0.0952. The number of hydrazine groups is 1. The number of nitrogens with one attached hydrogen (secondary N) is 1. The van der Waals surface area contributed by atoms with Gasteiger partial charge in [-0.3, -0.25) is 15.2 Å². The van der Waals surface area contributed by atoms with Crippen molar-refractivity contribution in [2.24, 2.45) is 5.84 Å². The van der Waals surface area contributed by atoms with Crippen molar-refractivity contribution < 1.29 is 9.53 Å². The highest BCUT2D eigenvalue weighted by Crippen LogP contribution is 2.02. The average molecular weight is 235 g/mol. The first-order valence-electron chi connectivity index (χ1n) is 5.42. The minimum absolute atomic E-state index is 0.351. The Morgan fingerprint density at radius 2 is 2.41 bits per heavy atom. The summed E-state index contributed by atoms with van der Waals surface area (Å²) in [5.74, 6) is 4.66. The molecule has 1 amide bonds. The van der Waals surface area contributed by atoms with Crippen LogP contribution >= 0.6 is 0 Å². The maximum absolute atomic E-state index is 11.1. The first kappa shape index (κ1) is 13.3. The van der Waals surface area contributed by atoms with Gasteiger partial charge < -0.3 is 4.74 Å². The molecule has 0 unspecified atom stereocenters. The Morgan fingerprint density at radius 3 is 3.00 bits per heavy atom. The molecule has 0 bridgehead atoms. The predicted octanol–water partition coefficient (Wildman–Crippen LogP) is 1.17. The number of nitrogens with zero attached hydrogens (tertiary/aromatic N) is 1. The van der Waals surface area contributed by atoms with Gasteiger partial charge in [0.2, 0.25) is 0 Å². The van der Waals surface area contributed by atoms with Gasteiger partial charge in [0.05, 0.1) is 17.9 Å². The summed E-state index contributed by atoms with van der Waals surface area (Å²) in [5.41, 5.74) is 3.27. The Morgan fingerprint density at radius 1 is 1.59 bits per heavy atom. The van der Waals surface area contributed by atoms with Crippen molar-refractivity contribution in [1.29, 1.82) is 0 Å². The third kappa shape index (κ3) is 4.76. The van der Waals surface area contributed by atoms with Crippen LogP contribution in [0.1, 0.15) is 28.9 Å². The van der Waals surface area contributed by atoms with E-state index in [0.29, 0.717) is 18.8 Å². The Balaban J connectivity index is 2.35. The number of hydrogen-bond acceptors (Lipinski definition) is 4. The number of nitrogens with two attached hydrogens (primary N) is 1. The van der Waals surface area contributed by atoms with E-state index in [-0.39, 0.29) is 5.91 Å². The molecule has 1 aromatic rings. The molecule has 0 saturated heterocycles. The summed E-state index contributed by atoms with van der Waals surface area (Å²) in [6.45, 7) is 4.76. The molecular weight excluding hydrogens is 218 g/mol. The molecule has 0 aliphatic rings. The molecule has 0 aliphatic carbocycles. The summed E-state index contributed by atoms with van der Waals surface area (Å²) in [7, 11) is 0. The third-order valence-corrected chi connectivity index (χ3v) is 2.16. The van der Waals surface area contributed by atoms with Crippen LogP contribution in [0.25, 0.3) is 0 Å². The molecule has 1 rings (SSSR count). The zero-order valence-electron chi connectivity index (χ0n) is 9.69. The lowest BCUT2D eigenvalue weighted by atomic mass is 10.2. The molecule has 5 nitrogen and oxygen atoms in total. The fraction of sp³-hybridized carbons (Fsp3) is 0.333. The highest BCUT2D eigenvalue weighted by atomic mass is 16.5. The summed E-state index contributed by atoms with van der Waals surface area (Å²) in [6.07, 6.45) is 5.24. The van der Waals surface area contributed by atoms with Gasteiger partial charge in [-0.2, -0.15) is 0 Å². The van der Waals surface area contributed by atoms with Crippen LogP contribution in [0.3, 0.4) is 0 Å². The number of aromatic nitrogens is 1. The maximum Gasteiger partial charge on any atom is 0.266 e. The van der Waals surface area contributed by atoms with Gasteiger partial charge in [0.1, 0.15) is 0 Å². The molecule has 3 N–H and O–H groups in total. The van der Waals surface area contributed by atoms with E-state index in [2.05, 4.69) is 11.6 Å². The maximum atomic E-state index is 11.1. The zero-order valence-corrected chi connectivity index (χ0v) is 9.69. The van der Waals surface area contributed by atoms with Crippen LogP contribution in [0.4, 0.5) is 0 Å². The van der Waals surface area contributed by atoms with E-state index in [0.717, 1.165) is 18.5 Å². The number of unbranched alkanes of at least 4 members (excludes halogenated alkanes) is 1. The molecular formula is C12H17N3O2. The molecule has 0 fully saturated rings. The summed E-state index contributed by atoms with van der Waals surface area (Å²) in [5, 5.41) is 0. The summed E-state index contributed by atoms with van der Waals surface area (Å²) >= 11 is 0. The van der Waals surface area contributed by atoms with Crippen molar-refractivity contribution in [3.05, 3.63) is 42.2 Å². The molecule has 0 atom stereocenters. The topological polar surface area (TPSA) is 77.2 Å². The summed E-state index contributed by atoms with van der Waals surface area (Å²) in [6, 6.07) is 3.41. The van der Waals surface area contributed by atoms with Gasteiger partial charge in [-0.05, 0) is 25.0 Å². The van der Waals surface area contributed by atoms with Gasteiger partial charge >= 0.3 is 0 Å². The van der Waals surface area contributed by atoms with E-state index in [4.69, 9.17) is 10.6 Å². The number of rotatable bonds is 7. The fourth-order valence-electron chi connectivity index (χ4n) is 1.23. The van der Waals surface area contributed by atoms with Gasteiger partial charge in [0.25, 0.3) is 5.91 Å². The average Bonchev–Trinajstić information content (AvgIpc) is 2.38. The Bertz CT molecular complexity index is 363. The first-order chi connectivity index (χ1) is 8.27. The van der Waals surface area contributed by atoms with Crippen LogP contribution in [-0.4, -0.2) is 17.5 Å². The van der Waals surface area contributed by atoms with E-state index in [1.54, 1.807) is 12.1 Å². The number of allylic oxidation sites excluding steroid dienone is 1. The molecule has 0 aromatic carbocycles. The SMILES string of the molecule is C=CCCCOCc1ccc(C(=O)NN)cn1. The smallest absolute Gasteiger partial charge is 0.266 e. The molecule has 0 spiro atoms. The van der Waals surface area contributed by atoms with Crippen molar-refractivity contribution in [1.82, 2.24) is 10.4 Å². The van der Waals surface area contributed by atoms with Crippen LogP contribution < -0.4 is 11.3 Å². The molecule has 17 heavy (non-hydrogen) atoms. The van der Waals surface area contributed by atoms with Gasteiger partial charge in [-0.1, -0.05) is 6.08 Å². The molecule has 92 valence electrons. The third-order valence-electron chi connectivity index (χ3n) is 2.16. The van der Waals surface area contributed by atoms with Crippen LogP contribution in [0.5, 0.6) is 0 Å². The number of carbonyl (C=O) groups is 1. The van der Waals surface area contributed by atoms with Crippen LogP contribution in [0.15, 0.2) is 31.0 Å². The number of carbonyl (C=O) groups excluding carboxylic acids is 1. The first-order valence-corrected chi connectivity index (χ1v) is 5.42. The Kier molecular flexibility index (Phi) is 5.92. The van der Waals surface area contributed by atoms with Crippen molar-refractivity contribution >= 4 is 5.91 Å². The standard InChI is InChI=1S/C12H17N3O2/c1-2-3-4-7-17-9-11-6-5-10(8-14-11)12(16)15-13/h2,5-6,8H,1,3-4,7,9,13H2,(H,15,16). The van der Waals surface area contributed by atoms with Gasteiger partial charge in [0, 0.05) is 12.8 Å². The van der Waals surface area contributed by atoms with Crippen LogP contribution in [-0.2, 0) is 11.3 Å². The van der Waals surface area contributed by atoms with Crippen molar-refractivity contribution in [3.63, 3.8) is 0 Å². The van der Waals surface area contributed by atoms with Gasteiger partial charge in [-0.15, -0.1) is 6.58 Å². The molecule has 0 radical (unpaired) electrons. The second-order valence-electron chi connectivity index (χ2n) is 3.50. The number of amides is 1. The monoisotopic (exact) mass is 235 g/mol. The van der Waals surface area contributed by atoms with Crippen molar-refractivity contribution in [2.45, 2.75) is 19.4 Å². The lowest BCUT2D eigenvalue weighted by Gasteiger charge is -2.04. The molecule has 1 aromatic heterocycles. The van der Waals surface area contributed by atoms with E-state index in [1.165, 1.54) is 6.20 Å². The van der Waals surface area contributed by atoms with E-state index >= 15 is 0 Å². The van der Waals surface area contributed by atoms with E-state index < -0.39 is 0 Å². The zero-order chi connectivity index (χ0) is 12.5. The minimum atomic E-state index is -0.351. The largest absolute Gasteiger partial charge is 0.375 e. The highest BCUT2D eigenvalue weighted by molar-refractivity contribution is 5.93. The van der Waals surface area contributed by atoms with E-state index in [1.807, 2.05) is 11.5 Å². The number of ether oxygens (including phenoxy) is 1. The minimum Gasteiger partial charge on any atom is -0.375 e. The summed E-state index contributed by atoms with van der Waals surface area (Å²) < 4.78 is 5.41. The number of hydrogen-bond donors (Lipinski definition) is 2. The normalized spacial score (nSPS) is 9.94. The second kappa shape index (κ2) is 7.54. The van der Waals surface area contributed by atoms with Gasteiger partial charge in [-0.25, -0.2) is 5.84 Å². The fourth-order valence-corrected chi connectivity index (χ4v) is 1.23. The quantitative estimate of drug-likeness (QED) is 0.244. The predicted molar refractivity (Wildman–Crippen MR) is 65.0 cm³/mol. The van der Waals surface area contributed by atoms with Crippen molar-refractivity contribution in [3.8, 4) is 0 Å². The van der Waals surface area contributed by atoms with Crippen LogP contribution in [0.2, 0.25) is 0 Å². The molecule has 1 heterocycles. The van der Waals surface area contributed by atoms with Crippen molar-refractivity contribution in [2.75, 3.05) is 6.61 Å². The lowest BCUT2D eigenvalue weighted by Crippen LogP contribution is -2.30.